The molecule has 3 nitrogen and oxygen atoms in total. The molecule has 8 aromatic rings. The van der Waals surface area contributed by atoms with E-state index in [0.717, 1.165) is 11.0 Å². The SMILES string of the molecule is CC1(C)c2ccccc2-c2cc3c(cc21)c1c2ccccc2sc1n3-c1cccn2nc3ccccc3c12. The van der Waals surface area contributed by atoms with Gasteiger partial charge in [-0.3, -0.25) is 4.57 Å². The van der Waals surface area contributed by atoms with Crippen LogP contribution in [-0.4, -0.2) is 14.2 Å². The number of thiophene rings is 1. The Bertz CT molecular complexity index is 2270. The highest BCUT2D eigenvalue weighted by Gasteiger charge is 2.36. The van der Waals surface area contributed by atoms with E-state index in [0.29, 0.717) is 0 Å². The van der Waals surface area contributed by atoms with E-state index in [1.165, 1.54) is 64.5 Å². The van der Waals surface area contributed by atoms with Gasteiger partial charge in [-0.2, -0.15) is 5.10 Å². The first-order chi connectivity index (χ1) is 18.6. The summed E-state index contributed by atoms with van der Waals surface area (Å²) in [5, 5.41) is 10.1. The molecular weight excluding hydrogens is 482 g/mol. The van der Waals surface area contributed by atoms with Crippen LogP contribution in [-0.2, 0) is 5.41 Å². The van der Waals surface area contributed by atoms with Gasteiger partial charge in [-0.25, -0.2) is 4.52 Å². The largest absolute Gasteiger partial charge is 0.298 e. The van der Waals surface area contributed by atoms with Crippen LogP contribution in [0.3, 0.4) is 0 Å². The van der Waals surface area contributed by atoms with Crippen molar-refractivity contribution in [3.63, 3.8) is 0 Å². The molecule has 1 aliphatic carbocycles. The maximum atomic E-state index is 4.90. The first-order valence-corrected chi connectivity index (χ1v) is 13.9. The summed E-state index contributed by atoms with van der Waals surface area (Å²) in [6.45, 7) is 4.73. The molecule has 0 fully saturated rings. The molecule has 0 spiro atoms. The highest BCUT2D eigenvalue weighted by molar-refractivity contribution is 7.25. The third kappa shape index (κ3) is 2.42. The Hall–Kier alpha value is -4.41. The van der Waals surface area contributed by atoms with E-state index in [4.69, 9.17) is 5.10 Å². The average Bonchev–Trinajstić information content (AvgIpc) is 3.65. The molecule has 4 aromatic carbocycles. The normalized spacial score (nSPS) is 14.3. The molecule has 180 valence electrons. The number of hydrogen-bond donors (Lipinski definition) is 0. The molecule has 0 saturated carbocycles. The number of rotatable bonds is 1. The topological polar surface area (TPSA) is 22.2 Å². The van der Waals surface area contributed by atoms with E-state index in [1.807, 2.05) is 15.9 Å². The van der Waals surface area contributed by atoms with Gasteiger partial charge in [0.2, 0.25) is 0 Å². The van der Waals surface area contributed by atoms with Crippen molar-refractivity contribution in [2.75, 3.05) is 0 Å². The van der Waals surface area contributed by atoms with Crippen LogP contribution in [0.4, 0.5) is 0 Å². The smallest absolute Gasteiger partial charge is 0.109 e. The molecule has 4 heteroatoms. The van der Waals surface area contributed by atoms with Crippen molar-refractivity contribution in [3.05, 3.63) is 114 Å². The second kappa shape index (κ2) is 6.91. The van der Waals surface area contributed by atoms with E-state index in [9.17, 15) is 0 Å². The maximum absolute atomic E-state index is 4.90. The minimum Gasteiger partial charge on any atom is -0.298 e. The van der Waals surface area contributed by atoms with Crippen LogP contribution in [0.5, 0.6) is 0 Å². The van der Waals surface area contributed by atoms with Gasteiger partial charge in [-0.05, 0) is 58.7 Å². The fourth-order valence-corrected chi connectivity index (χ4v) is 8.05. The van der Waals surface area contributed by atoms with Crippen LogP contribution in [0.2, 0.25) is 0 Å². The summed E-state index contributed by atoms with van der Waals surface area (Å²) < 4.78 is 5.85. The summed E-state index contributed by atoms with van der Waals surface area (Å²) in [5.41, 5.74) is 10.0. The van der Waals surface area contributed by atoms with E-state index in [2.05, 4.69) is 122 Å². The highest BCUT2D eigenvalue weighted by atomic mass is 32.1. The van der Waals surface area contributed by atoms with Crippen molar-refractivity contribution in [1.29, 1.82) is 0 Å². The highest BCUT2D eigenvalue weighted by Crippen LogP contribution is 2.52. The first kappa shape index (κ1) is 20.6. The lowest BCUT2D eigenvalue weighted by Crippen LogP contribution is -2.14. The molecule has 9 rings (SSSR count). The Labute approximate surface area is 223 Å². The van der Waals surface area contributed by atoms with E-state index < -0.39 is 0 Å². The number of fused-ring (bicyclic) bond motifs is 11. The van der Waals surface area contributed by atoms with Crippen molar-refractivity contribution < 1.29 is 0 Å². The Kier molecular flexibility index (Phi) is 3.75. The van der Waals surface area contributed by atoms with Gasteiger partial charge in [-0.1, -0.05) is 74.5 Å². The molecular formula is C34H23N3S. The molecule has 0 bridgehead atoms. The summed E-state index contributed by atoms with van der Waals surface area (Å²) in [4.78, 5) is 1.29. The number of pyridine rings is 1. The number of aromatic nitrogens is 3. The summed E-state index contributed by atoms with van der Waals surface area (Å²) in [7, 11) is 0. The molecule has 38 heavy (non-hydrogen) atoms. The lowest BCUT2D eigenvalue weighted by Gasteiger charge is -2.21. The monoisotopic (exact) mass is 505 g/mol. The Morgan fingerprint density at radius 3 is 2.42 bits per heavy atom. The molecule has 4 aromatic heterocycles. The predicted molar refractivity (Wildman–Crippen MR) is 160 cm³/mol. The third-order valence-electron chi connectivity index (χ3n) is 8.56. The van der Waals surface area contributed by atoms with Gasteiger partial charge in [0.25, 0.3) is 0 Å². The van der Waals surface area contributed by atoms with Crippen molar-refractivity contribution in [2.24, 2.45) is 0 Å². The molecule has 0 N–H and O–H groups in total. The van der Waals surface area contributed by atoms with Gasteiger partial charge in [0.1, 0.15) is 4.83 Å². The fourth-order valence-electron chi connectivity index (χ4n) is 6.81. The van der Waals surface area contributed by atoms with Crippen LogP contribution >= 0.6 is 11.3 Å². The molecule has 0 radical (unpaired) electrons. The Balaban J connectivity index is 1.51. The third-order valence-corrected chi connectivity index (χ3v) is 9.71. The fraction of sp³-hybridized carbons (Fsp3) is 0.0882. The molecule has 0 amide bonds. The van der Waals surface area contributed by atoms with Gasteiger partial charge in [0, 0.05) is 37.9 Å². The minimum absolute atomic E-state index is 0.0397. The van der Waals surface area contributed by atoms with E-state index in [-0.39, 0.29) is 5.41 Å². The summed E-state index contributed by atoms with van der Waals surface area (Å²) >= 11 is 1.88. The van der Waals surface area contributed by atoms with E-state index >= 15 is 0 Å². The quantitative estimate of drug-likeness (QED) is 0.218. The van der Waals surface area contributed by atoms with Gasteiger partial charge in [0.05, 0.1) is 22.2 Å². The van der Waals surface area contributed by atoms with Crippen LogP contribution in [0.25, 0.3) is 64.4 Å². The van der Waals surface area contributed by atoms with Gasteiger partial charge in [0.15, 0.2) is 0 Å². The van der Waals surface area contributed by atoms with Gasteiger partial charge >= 0.3 is 0 Å². The average molecular weight is 506 g/mol. The Morgan fingerprint density at radius 2 is 1.50 bits per heavy atom. The minimum atomic E-state index is -0.0397. The van der Waals surface area contributed by atoms with Crippen molar-refractivity contribution >= 4 is 59.0 Å². The maximum Gasteiger partial charge on any atom is 0.109 e. The summed E-state index contributed by atoms with van der Waals surface area (Å²) in [6, 6.07) is 35.5. The summed E-state index contributed by atoms with van der Waals surface area (Å²) in [6.07, 6.45) is 2.06. The van der Waals surface area contributed by atoms with Crippen LogP contribution in [0, 0.1) is 0 Å². The second-order valence-electron chi connectivity index (χ2n) is 10.9. The molecule has 1 aliphatic rings. The lowest BCUT2D eigenvalue weighted by molar-refractivity contribution is 0.661. The second-order valence-corrected chi connectivity index (χ2v) is 11.9. The zero-order valence-corrected chi connectivity index (χ0v) is 21.9. The lowest BCUT2D eigenvalue weighted by atomic mass is 9.82. The standard InChI is InChI=1S/C34H23N3S/c1-34(2)25-13-6-3-10-20(25)23-19-29-24(18-26(23)34)31-22-12-5-8-16-30(22)38-33(31)37(29)28-15-9-17-36-32(28)21-11-4-7-14-27(21)35-36/h3-19H,1-2H3. The van der Waals surface area contributed by atoms with Gasteiger partial charge in [-0.15, -0.1) is 11.3 Å². The van der Waals surface area contributed by atoms with Crippen molar-refractivity contribution in [2.45, 2.75) is 19.3 Å². The van der Waals surface area contributed by atoms with Gasteiger partial charge < -0.3 is 0 Å². The molecule has 0 aliphatic heterocycles. The number of nitrogens with zero attached hydrogens (tertiary/aromatic N) is 3. The number of hydrogen-bond acceptors (Lipinski definition) is 2. The predicted octanol–water partition coefficient (Wildman–Crippen LogP) is 9.11. The van der Waals surface area contributed by atoms with Crippen LogP contribution < -0.4 is 0 Å². The molecule has 0 atom stereocenters. The van der Waals surface area contributed by atoms with Crippen molar-refractivity contribution in [1.82, 2.24) is 14.2 Å². The molecule has 0 saturated heterocycles. The molecule has 4 heterocycles. The molecule has 0 unspecified atom stereocenters. The van der Waals surface area contributed by atoms with Crippen LogP contribution in [0.15, 0.2) is 103 Å². The zero-order chi connectivity index (χ0) is 25.2. The summed E-state index contributed by atoms with van der Waals surface area (Å²) in [5.74, 6) is 0. The zero-order valence-electron chi connectivity index (χ0n) is 21.1. The Morgan fingerprint density at radius 1 is 0.711 bits per heavy atom. The van der Waals surface area contributed by atoms with Crippen molar-refractivity contribution in [3.8, 4) is 16.8 Å². The first-order valence-electron chi connectivity index (χ1n) is 13.1. The number of benzene rings is 4. The van der Waals surface area contributed by atoms with Crippen LogP contribution in [0.1, 0.15) is 25.0 Å². The van der Waals surface area contributed by atoms with E-state index in [1.54, 1.807) is 0 Å².